The van der Waals surface area contributed by atoms with Gasteiger partial charge in [-0.25, -0.2) is 0 Å². The van der Waals surface area contributed by atoms with Crippen molar-refractivity contribution in [2.75, 3.05) is 0 Å². The van der Waals surface area contributed by atoms with Crippen LogP contribution in [0.4, 0.5) is 0 Å². The summed E-state index contributed by atoms with van der Waals surface area (Å²) in [6, 6.07) is 18.2. The summed E-state index contributed by atoms with van der Waals surface area (Å²) in [7, 11) is 2.06. The van der Waals surface area contributed by atoms with Crippen molar-refractivity contribution in [2.24, 2.45) is 12.2 Å². The lowest BCUT2D eigenvalue weighted by Gasteiger charge is -2.00. The van der Waals surface area contributed by atoms with Crippen LogP contribution in [0.15, 0.2) is 65.7 Å². The molecule has 0 unspecified atom stereocenters. The SMILES string of the molecule is Cn1ccc2ccccc21.NSc1ccc(CNC=O)cc1. The van der Waals surface area contributed by atoms with Crippen molar-refractivity contribution in [1.29, 1.82) is 0 Å². The maximum absolute atomic E-state index is 9.97. The van der Waals surface area contributed by atoms with Crippen molar-refractivity contribution in [3.05, 3.63) is 66.4 Å². The van der Waals surface area contributed by atoms with Crippen LogP contribution in [0.1, 0.15) is 5.56 Å². The maximum Gasteiger partial charge on any atom is 0.207 e. The Balaban J connectivity index is 0.000000162. The smallest absolute Gasteiger partial charge is 0.207 e. The molecule has 1 amide bonds. The highest BCUT2D eigenvalue weighted by Gasteiger charge is 1.93. The average molecular weight is 313 g/mol. The summed E-state index contributed by atoms with van der Waals surface area (Å²) in [4.78, 5) is 11.0. The van der Waals surface area contributed by atoms with Gasteiger partial charge in [0.2, 0.25) is 6.41 Å². The highest BCUT2D eigenvalue weighted by atomic mass is 32.2. The molecule has 1 heterocycles. The van der Waals surface area contributed by atoms with Gasteiger partial charge in [-0.05, 0) is 47.2 Å². The summed E-state index contributed by atoms with van der Waals surface area (Å²) < 4.78 is 2.12. The Labute approximate surface area is 134 Å². The van der Waals surface area contributed by atoms with Gasteiger partial charge < -0.3 is 9.88 Å². The monoisotopic (exact) mass is 313 g/mol. The number of para-hydroxylation sites is 1. The lowest BCUT2D eigenvalue weighted by Crippen LogP contribution is -2.09. The molecule has 0 radical (unpaired) electrons. The van der Waals surface area contributed by atoms with E-state index in [4.69, 9.17) is 5.14 Å². The van der Waals surface area contributed by atoms with Gasteiger partial charge in [0, 0.05) is 30.2 Å². The van der Waals surface area contributed by atoms with Crippen molar-refractivity contribution in [3.63, 3.8) is 0 Å². The topological polar surface area (TPSA) is 60.0 Å². The third-order valence-electron chi connectivity index (χ3n) is 3.24. The lowest BCUT2D eigenvalue weighted by atomic mass is 10.2. The number of fused-ring (bicyclic) bond motifs is 1. The fourth-order valence-corrected chi connectivity index (χ4v) is 2.36. The number of carbonyl (C=O) groups is 1. The standard InChI is InChI=1S/C9H9N.C8H10N2OS/c1-10-7-6-8-4-2-3-5-9(8)10;9-12-8-3-1-7(2-4-8)5-10-6-11/h2-7H,1H3;1-4,6H,5,9H2,(H,10,11). The molecular weight excluding hydrogens is 294 g/mol. The van der Waals surface area contributed by atoms with Gasteiger partial charge in [-0.2, -0.15) is 0 Å². The summed E-state index contributed by atoms with van der Waals surface area (Å²) in [6.07, 6.45) is 2.76. The van der Waals surface area contributed by atoms with E-state index < -0.39 is 0 Å². The first-order chi connectivity index (χ1) is 10.7. The minimum absolute atomic E-state index is 0.568. The predicted octanol–water partition coefficient (Wildman–Crippen LogP) is 3.08. The molecule has 22 heavy (non-hydrogen) atoms. The van der Waals surface area contributed by atoms with E-state index in [1.807, 2.05) is 24.3 Å². The zero-order chi connectivity index (χ0) is 15.8. The number of rotatable bonds is 4. The Bertz CT molecular complexity index is 722. The Hall–Kier alpha value is -2.24. The molecule has 0 saturated carbocycles. The van der Waals surface area contributed by atoms with Crippen molar-refractivity contribution in [2.45, 2.75) is 11.4 Å². The predicted molar refractivity (Wildman–Crippen MR) is 92.3 cm³/mol. The van der Waals surface area contributed by atoms with Crippen LogP contribution in [0.2, 0.25) is 0 Å². The van der Waals surface area contributed by atoms with Crippen LogP contribution in [-0.4, -0.2) is 11.0 Å². The van der Waals surface area contributed by atoms with Crippen LogP contribution in [0, 0.1) is 0 Å². The molecule has 0 atom stereocenters. The zero-order valence-corrected chi connectivity index (χ0v) is 13.2. The van der Waals surface area contributed by atoms with E-state index in [9.17, 15) is 4.79 Å². The Morgan fingerprint density at radius 1 is 1.14 bits per heavy atom. The Morgan fingerprint density at radius 2 is 1.86 bits per heavy atom. The van der Waals surface area contributed by atoms with Crippen LogP contribution < -0.4 is 10.5 Å². The van der Waals surface area contributed by atoms with Gasteiger partial charge >= 0.3 is 0 Å². The fourth-order valence-electron chi connectivity index (χ4n) is 2.07. The summed E-state index contributed by atoms with van der Waals surface area (Å²) in [5.74, 6) is 0. The number of nitrogens with one attached hydrogen (secondary N) is 1. The highest BCUT2D eigenvalue weighted by molar-refractivity contribution is 7.97. The van der Waals surface area contributed by atoms with Crippen LogP contribution in [0.3, 0.4) is 0 Å². The third-order valence-corrected chi connectivity index (χ3v) is 3.79. The van der Waals surface area contributed by atoms with Gasteiger partial charge in [-0.3, -0.25) is 9.93 Å². The minimum atomic E-state index is 0.568. The number of carbonyl (C=O) groups excluding carboxylic acids is 1. The molecule has 3 N–H and O–H groups in total. The highest BCUT2D eigenvalue weighted by Crippen LogP contribution is 2.13. The number of nitrogens with two attached hydrogens (primary N) is 1. The summed E-state index contributed by atoms with van der Waals surface area (Å²) in [6.45, 7) is 0.568. The first-order valence-electron chi connectivity index (χ1n) is 6.87. The lowest BCUT2D eigenvalue weighted by molar-refractivity contribution is -0.109. The van der Waals surface area contributed by atoms with Crippen molar-refractivity contribution in [1.82, 2.24) is 9.88 Å². The van der Waals surface area contributed by atoms with Crippen LogP contribution >= 0.6 is 11.9 Å². The van der Waals surface area contributed by atoms with E-state index in [0.717, 1.165) is 10.5 Å². The van der Waals surface area contributed by atoms with E-state index in [0.29, 0.717) is 13.0 Å². The van der Waals surface area contributed by atoms with Gasteiger partial charge in [-0.15, -0.1) is 0 Å². The second-order valence-corrected chi connectivity index (χ2v) is 5.45. The quantitative estimate of drug-likeness (QED) is 0.575. The van der Waals surface area contributed by atoms with Crippen LogP contribution in [-0.2, 0) is 18.4 Å². The Kier molecular flexibility index (Phi) is 6.06. The Morgan fingerprint density at radius 3 is 2.50 bits per heavy atom. The molecule has 0 saturated heterocycles. The van der Waals surface area contributed by atoms with Gasteiger partial charge in [-0.1, -0.05) is 30.3 Å². The van der Waals surface area contributed by atoms with Gasteiger partial charge in [0.1, 0.15) is 0 Å². The van der Waals surface area contributed by atoms with Crippen molar-refractivity contribution >= 4 is 29.3 Å². The fraction of sp³-hybridized carbons (Fsp3) is 0.118. The molecule has 0 fully saturated rings. The summed E-state index contributed by atoms with van der Waals surface area (Å²) in [5, 5.41) is 9.24. The molecule has 3 rings (SSSR count). The third kappa shape index (κ3) is 4.38. The number of amides is 1. The molecule has 0 bridgehead atoms. The van der Waals surface area contributed by atoms with E-state index in [-0.39, 0.29) is 0 Å². The van der Waals surface area contributed by atoms with E-state index in [1.54, 1.807) is 0 Å². The van der Waals surface area contributed by atoms with Crippen LogP contribution in [0.5, 0.6) is 0 Å². The molecule has 0 spiro atoms. The molecule has 3 aromatic rings. The first kappa shape index (κ1) is 16.1. The second-order valence-electron chi connectivity index (χ2n) is 4.75. The number of nitrogens with zero attached hydrogens (tertiary/aromatic N) is 1. The minimum Gasteiger partial charge on any atom is -0.355 e. The van der Waals surface area contributed by atoms with E-state index in [1.165, 1.54) is 22.9 Å². The summed E-state index contributed by atoms with van der Waals surface area (Å²) >= 11 is 1.21. The molecule has 0 aliphatic carbocycles. The van der Waals surface area contributed by atoms with E-state index in [2.05, 4.69) is 53.5 Å². The number of aryl methyl sites for hydroxylation is 1. The van der Waals surface area contributed by atoms with Gasteiger partial charge in [0.25, 0.3) is 0 Å². The van der Waals surface area contributed by atoms with Crippen molar-refractivity contribution < 1.29 is 4.79 Å². The number of hydrogen-bond donors (Lipinski definition) is 2. The average Bonchev–Trinajstić information content (AvgIpc) is 2.96. The largest absolute Gasteiger partial charge is 0.355 e. The molecule has 0 aliphatic heterocycles. The first-order valence-corrected chi connectivity index (χ1v) is 7.75. The zero-order valence-electron chi connectivity index (χ0n) is 12.4. The normalized spacial score (nSPS) is 9.91. The van der Waals surface area contributed by atoms with E-state index >= 15 is 0 Å². The number of hydrogen-bond acceptors (Lipinski definition) is 3. The molecule has 114 valence electrons. The summed E-state index contributed by atoms with van der Waals surface area (Å²) in [5.41, 5.74) is 2.36. The van der Waals surface area contributed by atoms with Gasteiger partial charge in [0.15, 0.2) is 0 Å². The van der Waals surface area contributed by atoms with Crippen molar-refractivity contribution in [3.8, 4) is 0 Å². The van der Waals surface area contributed by atoms with Crippen LogP contribution in [0.25, 0.3) is 10.9 Å². The molecule has 2 aromatic carbocycles. The molecular formula is C17H19N3OS. The molecule has 5 heteroatoms. The number of benzene rings is 2. The number of aromatic nitrogens is 1. The maximum atomic E-state index is 9.97. The molecule has 0 aliphatic rings. The van der Waals surface area contributed by atoms with Gasteiger partial charge in [0.05, 0.1) is 0 Å². The molecule has 1 aromatic heterocycles. The molecule has 4 nitrogen and oxygen atoms in total. The second kappa shape index (κ2) is 8.26.